The minimum absolute atomic E-state index is 0.657. The lowest BCUT2D eigenvalue weighted by Crippen LogP contribution is -1.88. The molecule has 0 aliphatic heterocycles. The Hall–Kier alpha value is -2.42. The normalized spacial score (nSPS) is 10.6. The van der Waals surface area contributed by atoms with Crippen molar-refractivity contribution in [1.82, 2.24) is 10.1 Å². The SMILES string of the molecule is Cc1noc(Cc2ccc(-c3ccccc3)cc2)n1. The largest absolute Gasteiger partial charge is 0.339 e. The molecular formula is C16H14N2O. The maximum Gasteiger partial charge on any atom is 0.231 e. The van der Waals surface area contributed by atoms with Crippen LogP contribution in [0, 0.1) is 6.92 Å². The average molecular weight is 250 g/mol. The standard InChI is InChI=1S/C16H14N2O/c1-12-17-16(19-18-12)11-13-7-9-15(10-8-13)14-5-3-2-4-6-14/h2-10H,11H2,1H3. The fourth-order valence-corrected chi connectivity index (χ4v) is 2.03. The molecule has 3 nitrogen and oxygen atoms in total. The van der Waals surface area contributed by atoms with Crippen molar-refractivity contribution in [3.8, 4) is 11.1 Å². The zero-order valence-corrected chi connectivity index (χ0v) is 10.7. The molecule has 0 spiro atoms. The van der Waals surface area contributed by atoms with Crippen molar-refractivity contribution in [3.63, 3.8) is 0 Å². The third kappa shape index (κ3) is 2.71. The summed E-state index contributed by atoms with van der Waals surface area (Å²) in [6, 6.07) is 18.8. The Kier molecular flexibility index (Phi) is 3.11. The molecule has 3 rings (SSSR count). The van der Waals surface area contributed by atoms with E-state index in [1.165, 1.54) is 16.7 Å². The van der Waals surface area contributed by atoms with E-state index in [4.69, 9.17) is 4.52 Å². The molecule has 0 saturated carbocycles. The van der Waals surface area contributed by atoms with Crippen LogP contribution >= 0.6 is 0 Å². The van der Waals surface area contributed by atoms with Crippen molar-refractivity contribution in [3.05, 3.63) is 71.9 Å². The molecular weight excluding hydrogens is 236 g/mol. The van der Waals surface area contributed by atoms with Crippen molar-refractivity contribution in [2.24, 2.45) is 0 Å². The summed E-state index contributed by atoms with van der Waals surface area (Å²) in [7, 11) is 0. The van der Waals surface area contributed by atoms with E-state index in [1.807, 2.05) is 25.1 Å². The summed E-state index contributed by atoms with van der Waals surface area (Å²) >= 11 is 0. The van der Waals surface area contributed by atoms with Gasteiger partial charge in [-0.05, 0) is 23.6 Å². The molecule has 0 radical (unpaired) electrons. The molecule has 0 saturated heterocycles. The van der Waals surface area contributed by atoms with Gasteiger partial charge in [-0.2, -0.15) is 4.98 Å². The number of hydrogen-bond donors (Lipinski definition) is 0. The Labute approximate surface area is 111 Å². The molecule has 0 unspecified atom stereocenters. The van der Waals surface area contributed by atoms with Gasteiger partial charge in [0, 0.05) is 0 Å². The molecule has 1 heterocycles. The highest BCUT2D eigenvalue weighted by atomic mass is 16.5. The summed E-state index contributed by atoms with van der Waals surface area (Å²) in [5, 5.41) is 3.79. The van der Waals surface area contributed by atoms with Gasteiger partial charge in [-0.3, -0.25) is 0 Å². The van der Waals surface area contributed by atoms with Gasteiger partial charge in [0.15, 0.2) is 5.82 Å². The van der Waals surface area contributed by atoms with Crippen LogP contribution in [0.25, 0.3) is 11.1 Å². The van der Waals surface area contributed by atoms with E-state index in [2.05, 4.69) is 46.5 Å². The smallest absolute Gasteiger partial charge is 0.231 e. The zero-order valence-electron chi connectivity index (χ0n) is 10.7. The average Bonchev–Trinajstić information content (AvgIpc) is 2.86. The highest BCUT2D eigenvalue weighted by Gasteiger charge is 2.04. The molecule has 19 heavy (non-hydrogen) atoms. The van der Waals surface area contributed by atoms with Crippen LogP contribution < -0.4 is 0 Å². The second-order valence-electron chi connectivity index (χ2n) is 4.48. The second kappa shape index (κ2) is 5.06. The maximum absolute atomic E-state index is 5.12. The Morgan fingerprint density at radius 2 is 1.58 bits per heavy atom. The lowest BCUT2D eigenvalue weighted by atomic mass is 10.0. The Bertz CT molecular complexity index is 657. The first kappa shape index (κ1) is 11.7. The molecule has 2 aromatic carbocycles. The minimum atomic E-state index is 0.657. The zero-order chi connectivity index (χ0) is 13.1. The van der Waals surface area contributed by atoms with Crippen LogP contribution in [0.1, 0.15) is 17.3 Å². The Morgan fingerprint density at radius 1 is 0.895 bits per heavy atom. The number of aromatic nitrogens is 2. The third-order valence-electron chi connectivity index (χ3n) is 2.99. The molecule has 3 heteroatoms. The van der Waals surface area contributed by atoms with Crippen LogP contribution in [0.5, 0.6) is 0 Å². The van der Waals surface area contributed by atoms with E-state index in [9.17, 15) is 0 Å². The fraction of sp³-hybridized carbons (Fsp3) is 0.125. The highest BCUT2D eigenvalue weighted by molar-refractivity contribution is 5.63. The van der Waals surface area contributed by atoms with Gasteiger partial charge in [-0.25, -0.2) is 0 Å². The monoisotopic (exact) mass is 250 g/mol. The van der Waals surface area contributed by atoms with Crippen LogP contribution in [-0.4, -0.2) is 10.1 Å². The van der Waals surface area contributed by atoms with Crippen molar-refractivity contribution in [1.29, 1.82) is 0 Å². The summed E-state index contributed by atoms with van der Waals surface area (Å²) in [5.74, 6) is 1.33. The van der Waals surface area contributed by atoms with Gasteiger partial charge in [0.05, 0.1) is 6.42 Å². The Morgan fingerprint density at radius 3 is 2.21 bits per heavy atom. The van der Waals surface area contributed by atoms with Crippen LogP contribution in [-0.2, 0) is 6.42 Å². The summed E-state index contributed by atoms with van der Waals surface area (Å²) in [4.78, 5) is 4.21. The number of hydrogen-bond acceptors (Lipinski definition) is 3. The lowest BCUT2D eigenvalue weighted by Gasteiger charge is -2.02. The van der Waals surface area contributed by atoms with E-state index in [1.54, 1.807) is 0 Å². The van der Waals surface area contributed by atoms with Gasteiger partial charge >= 0.3 is 0 Å². The second-order valence-corrected chi connectivity index (χ2v) is 4.48. The van der Waals surface area contributed by atoms with Crippen LogP contribution in [0.15, 0.2) is 59.1 Å². The van der Waals surface area contributed by atoms with E-state index in [-0.39, 0.29) is 0 Å². The quantitative estimate of drug-likeness (QED) is 0.712. The first-order valence-electron chi connectivity index (χ1n) is 6.25. The topological polar surface area (TPSA) is 38.9 Å². The fourth-order valence-electron chi connectivity index (χ4n) is 2.03. The summed E-state index contributed by atoms with van der Waals surface area (Å²) in [5.41, 5.74) is 3.61. The number of rotatable bonds is 3. The molecule has 94 valence electrons. The predicted molar refractivity (Wildman–Crippen MR) is 73.7 cm³/mol. The van der Waals surface area contributed by atoms with Gasteiger partial charge in [0.2, 0.25) is 5.89 Å². The van der Waals surface area contributed by atoms with Gasteiger partial charge in [0.1, 0.15) is 0 Å². The van der Waals surface area contributed by atoms with Crippen LogP contribution in [0.4, 0.5) is 0 Å². The molecule has 0 amide bonds. The van der Waals surface area contributed by atoms with Gasteiger partial charge < -0.3 is 4.52 Å². The van der Waals surface area contributed by atoms with Gasteiger partial charge in [-0.1, -0.05) is 59.8 Å². The van der Waals surface area contributed by atoms with E-state index in [0.29, 0.717) is 18.1 Å². The molecule has 0 aliphatic rings. The van der Waals surface area contributed by atoms with Crippen molar-refractivity contribution >= 4 is 0 Å². The van der Waals surface area contributed by atoms with Crippen LogP contribution in [0.3, 0.4) is 0 Å². The molecule has 1 aromatic heterocycles. The van der Waals surface area contributed by atoms with Gasteiger partial charge in [-0.15, -0.1) is 0 Å². The molecule has 0 aliphatic carbocycles. The number of aryl methyl sites for hydroxylation is 1. The predicted octanol–water partition coefficient (Wildman–Crippen LogP) is 3.64. The van der Waals surface area contributed by atoms with E-state index >= 15 is 0 Å². The van der Waals surface area contributed by atoms with E-state index in [0.717, 1.165) is 0 Å². The minimum Gasteiger partial charge on any atom is -0.339 e. The van der Waals surface area contributed by atoms with Crippen molar-refractivity contribution < 1.29 is 4.52 Å². The van der Waals surface area contributed by atoms with Crippen molar-refractivity contribution in [2.45, 2.75) is 13.3 Å². The van der Waals surface area contributed by atoms with Crippen molar-refractivity contribution in [2.75, 3.05) is 0 Å². The summed E-state index contributed by atoms with van der Waals surface area (Å²) in [6.07, 6.45) is 0.676. The lowest BCUT2D eigenvalue weighted by molar-refractivity contribution is 0.381. The first-order valence-corrected chi connectivity index (χ1v) is 6.25. The molecule has 3 aromatic rings. The number of nitrogens with zero attached hydrogens (tertiary/aromatic N) is 2. The highest BCUT2D eigenvalue weighted by Crippen LogP contribution is 2.20. The summed E-state index contributed by atoms with van der Waals surface area (Å²) in [6.45, 7) is 1.82. The third-order valence-corrected chi connectivity index (χ3v) is 2.99. The molecule has 0 fully saturated rings. The van der Waals surface area contributed by atoms with Crippen LogP contribution in [0.2, 0.25) is 0 Å². The van der Waals surface area contributed by atoms with E-state index < -0.39 is 0 Å². The molecule has 0 atom stereocenters. The number of benzene rings is 2. The maximum atomic E-state index is 5.12. The first-order chi connectivity index (χ1) is 9.31. The molecule has 0 N–H and O–H groups in total. The Balaban J connectivity index is 1.79. The molecule has 0 bridgehead atoms. The summed E-state index contributed by atoms with van der Waals surface area (Å²) < 4.78 is 5.12. The van der Waals surface area contributed by atoms with Gasteiger partial charge in [0.25, 0.3) is 0 Å².